The molecule has 4 heteroatoms. The fourth-order valence-electron chi connectivity index (χ4n) is 1.72. The number of hydrogen-bond donors (Lipinski definition) is 2. The molecule has 4 nitrogen and oxygen atoms in total. The number of carbonyl (C=O) groups excluding carboxylic acids is 1. The van der Waals surface area contributed by atoms with Gasteiger partial charge in [-0.15, -0.1) is 0 Å². The second kappa shape index (κ2) is 5.27. The minimum absolute atomic E-state index is 0.000553. The smallest absolute Gasteiger partial charge is 0.238 e. The molecule has 0 aromatic carbocycles. The molecule has 1 heterocycles. The molecule has 1 aromatic heterocycles. The van der Waals surface area contributed by atoms with Gasteiger partial charge in [0.2, 0.25) is 5.91 Å². The normalized spacial score (nSPS) is 14.7. The number of aromatic nitrogens is 1. The van der Waals surface area contributed by atoms with Gasteiger partial charge < -0.3 is 10.6 Å². The lowest BCUT2D eigenvalue weighted by molar-refractivity contribution is -0.115. The summed E-state index contributed by atoms with van der Waals surface area (Å²) < 4.78 is 0. The topological polar surface area (TPSA) is 54.0 Å². The molecule has 1 aliphatic rings. The molecule has 2 rings (SSSR count). The third-order valence-corrected chi connectivity index (χ3v) is 2.91. The van der Waals surface area contributed by atoms with E-state index in [-0.39, 0.29) is 5.91 Å². The van der Waals surface area contributed by atoms with E-state index in [1.165, 1.54) is 12.8 Å². The van der Waals surface area contributed by atoms with Gasteiger partial charge in [0.15, 0.2) is 0 Å². The van der Waals surface area contributed by atoms with Gasteiger partial charge in [0.25, 0.3) is 0 Å². The highest BCUT2D eigenvalue weighted by atomic mass is 16.1. The predicted octanol–water partition coefficient (Wildman–Crippen LogP) is 1.64. The van der Waals surface area contributed by atoms with Gasteiger partial charge in [0.1, 0.15) is 0 Å². The summed E-state index contributed by atoms with van der Waals surface area (Å²) >= 11 is 0. The van der Waals surface area contributed by atoms with Gasteiger partial charge in [0, 0.05) is 5.69 Å². The largest absolute Gasteiger partial charge is 0.323 e. The van der Waals surface area contributed by atoms with Crippen molar-refractivity contribution in [3.63, 3.8) is 0 Å². The zero-order valence-electron chi connectivity index (χ0n) is 10.4. The number of pyridine rings is 1. The second-order valence-corrected chi connectivity index (χ2v) is 4.71. The first-order valence-corrected chi connectivity index (χ1v) is 6.10. The number of amides is 1. The number of aryl methyl sites for hydroxylation is 2. The summed E-state index contributed by atoms with van der Waals surface area (Å²) in [6.07, 6.45) is 2.60. The fraction of sp³-hybridized carbons (Fsp3) is 0.538. The lowest BCUT2D eigenvalue weighted by Crippen LogP contribution is -2.29. The third-order valence-electron chi connectivity index (χ3n) is 2.91. The van der Waals surface area contributed by atoms with Crippen LogP contribution in [0.15, 0.2) is 12.1 Å². The molecule has 0 atom stereocenters. The molecule has 2 N–H and O–H groups in total. The van der Waals surface area contributed by atoms with Crippen molar-refractivity contribution in [2.24, 2.45) is 5.92 Å². The van der Waals surface area contributed by atoms with Gasteiger partial charge in [-0.3, -0.25) is 9.78 Å². The molecule has 1 aromatic rings. The van der Waals surface area contributed by atoms with Gasteiger partial charge >= 0.3 is 0 Å². The maximum Gasteiger partial charge on any atom is 0.238 e. The molecule has 1 saturated carbocycles. The molecule has 0 spiro atoms. The van der Waals surface area contributed by atoms with Crippen LogP contribution in [0.5, 0.6) is 0 Å². The summed E-state index contributed by atoms with van der Waals surface area (Å²) in [6, 6.07) is 3.80. The molecule has 0 saturated heterocycles. The Kier molecular flexibility index (Phi) is 3.74. The highest BCUT2D eigenvalue weighted by Crippen LogP contribution is 2.27. The maximum atomic E-state index is 11.7. The first kappa shape index (κ1) is 12.0. The van der Waals surface area contributed by atoms with Crippen molar-refractivity contribution in [3.8, 4) is 0 Å². The molecule has 0 unspecified atom stereocenters. The second-order valence-electron chi connectivity index (χ2n) is 4.71. The van der Waals surface area contributed by atoms with Crippen molar-refractivity contribution in [1.29, 1.82) is 0 Å². The number of hydrogen-bond acceptors (Lipinski definition) is 3. The van der Waals surface area contributed by atoms with Crippen molar-refractivity contribution < 1.29 is 4.79 Å². The number of nitrogens with one attached hydrogen (secondary N) is 2. The standard InChI is InChI=1S/C13H19N3O/c1-9-3-6-12(10(2)15-9)16-13(17)8-14-7-11-4-5-11/h3,6,11,14H,4-5,7-8H2,1-2H3,(H,16,17). The van der Waals surface area contributed by atoms with E-state index in [4.69, 9.17) is 0 Å². The van der Waals surface area contributed by atoms with Crippen LogP contribution in [0.3, 0.4) is 0 Å². The lowest BCUT2D eigenvalue weighted by atomic mass is 10.2. The van der Waals surface area contributed by atoms with E-state index in [1.54, 1.807) is 0 Å². The van der Waals surface area contributed by atoms with Crippen LogP contribution >= 0.6 is 0 Å². The van der Waals surface area contributed by atoms with Crippen LogP contribution in [0.4, 0.5) is 5.69 Å². The van der Waals surface area contributed by atoms with Crippen LogP contribution in [0.1, 0.15) is 24.2 Å². The number of rotatable bonds is 5. The van der Waals surface area contributed by atoms with Crippen LogP contribution in [-0.4, -0.2) is 24.0 Å². The summed E-state index contributed by atoms with van der Waals surface area (Å²) in [6.45, 7) is 5.18. The van der Waals surface area contributed by atoms with E-state index < -0.39 is 0 Å². The number of carbonyl (C=O) groups is 1. The summed E-state index contributed by atoms with van der Waals surface area (Å²) in [5.74, 6) is 0.796. The summed E-state index contributed by atoms with van der Waals surface area (Å²) in [4.78, 5) is 16.0. The first-order valence-electron chi connectivity index (χ1n) is 6.10. The number of anilines is 1. The van der Waals surface area contributed by atoms with Gasteiger partial charge in [-0.2, -0.15) is 0 Å². The molecule has 0 radical (unpaired) electrons. The van der Waals surface area contributed by atoms with E-state index in [0.29, 0.717) is 6.54 Å². The van der Waals surface area contributed by atoms with Gasteiger partial charge in [0.05, 0.1) is 17.9 Å². The van der Waals surface area contributed by atoms with E-state index in [0.717, 1.165) is 29.5 Å². The average molecular weight is 233 g/mol. The SMILES string of the molecule is Cc1ccc(NC(=O)CNCC2CC2)c(C)n1. The van der Waals surface area contributed by atoms with E-state index in [9.17, 15) is 4.79 Å². The highest BCUT2D eigenvalue weighted by molar-refractivity contribution is 5.92. The Hall–Kier alpha value is -1.42. The molecule has 0 aliphatic heterocycles. The summed E-state index contributed by atoms with van der Waals surface area (Å²) in [7, 11) is 0. The average Bonchev–Trinajstić information content (AvgIpc) is 3.06. The van der Waals surface area contributed by atoms with Gasteiger partial charge in [-0.05, 0) is 51.3 Å². The molecule has 1 fully saturated rings. The summed E-state index contributed by atoms with van der Waals surface area (Å²) in [5, 5.41) is 6.03. The molecule has 1 amide bonds. The van der Waals surface area contributed by atoms with Crippen molar-refractivity contribution in [3.05, 3.63) is 23.5 Å². The Morgan fingerprint density at radius 3 is 2.82 bits per heavy atom. The van der Waals surface area contributed by atoms with Crippen LogP contribution in [-0.2, 0) is 4.79 Å². The van der Waals surface area contributed by atoms with Crippen LogP contribution in [0.25, 0.3) is 0 Å². The van der Waals surface area contributed by atoms with Crippen LogP contribution < -0.4 is 10.6 Å². The molecular weight excluding hydrogens is 214 g/mol. The third kappa shape index (κ3) is 3.82. The Morgan fingerprint density at radius 2 is 2.18 bits per heavy atom. The molecule has 17 heavy (non-hydrogen) atoms. The number of nitrogens with zero attached hydrogens (tertiary/aromatic N) is 1. The zero-order valence-corrected chi connectivity index (χ0v) is 10.4. The van der Waals surface area contributed by atoms with Crippen molar-refractivity contribution in [1.82, 2.24) is 10.3 Å². The minimum atomic E-state index is -0.000553. The molecule has 0 bridgehead atoms. The Morgan fingerprint density at radius 1 is 1.41 bits per heavy atom. The fourth-order valence-corrected chi connectivity index (χ4v) is 1.72. The minimum Gasteiger partial charge on any atom is -0.323 e. The zero-order chi connectivity index (χ0) is 12.3. The van der Waals surface area contributed by atoms with E-state index in [1.807, 2.05) is 26.0 Å². The van der Waals surface area contributed by atoms with Crippen LogP contribution in [0.2, 0.25) is 0 Å². The lowest BCUT2D eigenvalue weighted by Gasteiger charge is -2.08. The van der Waals surface area contributed by atoms with Gasteiger partial charge in [-0.1, -0.05) is 0 Å². The predicted molar refractivity (Wildman–Crippen MR) is 67.9 cm³/mol. The Bertz CT molecular complexity index is 413. The van der Waals surface area contributed by atoms with Crippen molar-refractivity contribution >= 4 is 11.6 Å². The quantitative estimate of drug-likeness (QED) is 0.813. The Labute approximate surface area is 102 Å². The highest BCUT2D eigenvalue weighted by Gasteiger charge is 2.20. The monoisotopic (exact) mass is 233 g/mol. The molecule has 92 valence electrons. The van der Waals surface area contributed by atoms with Gasteiger partial charge in [-0.25, -0.2) is 0 Å². The van der Waals surface area contributed by atoms with E-state index >= 15 is 0 Å². The van der Waals surface area contributed by atoms with Crippen molar-refractivity contribution in [2.75, 3.05) is 18.4 Å². The molecule has 1 aliphatic carbocycles. The van der Waals surface area contributed by atoms with E-state index in [2.05, 4.69) is 15.6 Å². The molecular formula is C13H19N3O. The van der Waals surface area contributed by atoms with Crippen LogP contribution in [0, 0.1) is 19.8 Å². The Balaban J connectivity index is 1.79. The first-order chi connectivity index (χ1) is 8.15. The summed E-state index contributed by atoms with van der Waals surface area (Å²) in [5.41, 5.74) is 2.63. The maximum absolute atomic E-state index is 11.7. The van der Waals surface area contributed by atoms with Crippen molar-refractivity contribution in [2.45, 2.75) is 26.7 Å².